The Balaban J connectivity index is 2.89. The molecule has 1 atom stereocenters. The number of hydrogen-bond acceptors (Lipinski definition) is 3. The van der Waals surface area contributed by atoms with Crippen molar-refractivity contribution in [2.75, 3.05) is 0 Å². The van der Waals surface area contributed by atoms with Crippen molar-refractivity contribution in [3.63, 3.8) is 0 Å². The van der Waals surface area contributed by atoms with E-state index < -0.39 is 23.8 Å². The lowest BCUT2D eigenvalue weighted by atomic mass is 10.0. The molecule has 0 saturated heterocycles. The first-order valence-electron chi connectivity index (χ1n) is 6.22. The Kier molecular flexibility index (Phi) is 4.90. The molecule has 0 radical (unpaired) electrons. The zero-order chi connectivity index (χ0) is 15.4. The topological polar surface area (TPSA) is 114 Å². The van der Waals surface area contributed by atoms with Crippen molar-refractivity contribution < 1.29 is 19.5 Å². The summed E-state index contributed by atoms with van der Waals surface area (Å²) in [6.45, 7) is 3.74. The van der Waals surface area contributed by atoms with Crippen molar-refractivity contribution in [1.82, 2.24) is 9.88 Å². The van der Waals surface area contributed by atoms with Gasteiger partial charge in [0.1, 0.15) is 11.7 Å². The molecular formula is C13H19N3O4. The van der Waals surface area contributed by atoms with Gasteiger partial charge in [-0.1, -0.05) is 13.8 Å². The Bertz CT molecular complexity index is 534. The molecule has 20 heavy (non-hydrogen) atoms. The SMILES string of the molecule is CC(C)C[C@@H](NC(=O)c1cc(C(N)=O)cn1C)C(=O)O. The molecule has 0 aliphatic rings. The largest absolute Gasteiger partial charge is 0.480 e. The van der Waals surface area contributed by atoms with E-state index in [2.05, 4.69) is 5.32 Å². The molecule has 0 fully saturated rings. The van der Waals surface area contributed by atoms with Crippen LogP contribution in [0.5, 0.6) is 0 Å². The number of nitrogens with zero attached hydrogens (tertiary/aromatic N) is 1. The minimum atomic E-state index is -1.09. The number of aromatic nitrogens is 1. The van der Waals surface area contributed by atoms with Crippen molar-refractivity contribution in [2.45, 2.75) is 26.3 Å². The summed E-state index contributed by atoms with van der Waals surface area (Å²) in [5, 5.41) is 11.5. The molecule has 7 nitrogen and oxygen atoms in total. The van der Waals surface area contributed by atoms with Crippen LogP contribution in [-0.4, -0.2) is 33.5 Å². The standard InChI is InChI=1S/C13H19N3O4/c1-7(2)4-9(13(19)20)15-12(18)10-5-8(11(14)17)6-16(10)3/h5-7,9H,4H2,1-3H3,(H2,14,17)(H,15,18)(H,19,20)/t9-/m1/s1. The van der Waals surface area contributed by atoms with Crippen LogP contribution in [-0.2, 0) is 11.8 Å². The number of nitrogens with two attached hydrogens (primary N) is 1. The number of amides is 2. The number of carbonyl (C=O) groups is 3. The van der Waals surface area contributed by atoms with Gasteiger partial charge in [-0.15, -0.1) is 0 Å². The maximum absolute atomic E-state index is 12.1. The molecule has 1 rings (SSSR count). The Morgan fingerprint density at radius 1 is 1.40 bits per heavy atom. The molecular weight excluding hydrogens is 262 g/mol. The van der Waals surface area contributed by atoms with Crippen molar-refractivity contribution in [3.8, 4) is 0 Å². The zero-order valence-electron chi connectivity index (χ0n) is 11.7. The molecule has 4 N–H and O–H groups in total. The lowest BCUT2D eigenvalue weighted by Crippen LogP contribution is -2.42. The van der Waals surface area contributed by atoms with Crippen LogP contribution in [0.3, 0.4) is 0 Å². The van der Waals surface area contributed by atoms with Crippen LogP contribution < -0.4 is 11.1 Å². The third-order valence-electron chi connectivity index (χ3n) is 2.83. The summed E-state index contributed by atoms with van der Waals surface area (Å²) in [4.78, 5) is 34.2. The maximum atomic E-state index is 12.1. The number of hydrogen-bond donors (Lipinski definition) is 3. The zero-order valence-corrected chi connectivity index (χ0v) is 11.7. The Labute approximate surface area is 116 Å². The highest BCUT2D eigenvalue weighted by atomic mass is 16.4. The molecule has 1 heterocycles. The van der Waals surface area contributed by atoms with E-state index in [0.29, 0.717) is 6.42 Å². The van der Waals surface area contributed by atoms with Crippen LogP contribution in [0.25, 0.3) is 0 Å². The van der Waals surface area contributed by atoms with Crippen LogP contribution in [0.4, 0.5) is 0 Å². The molecule has 7 heteroatoms. The fourth-order valence-corrected chi connectivity index (χ4v) is 1.85. The van der Waals surface area contributed by atoms with Crippen molar-refractivity contribution in [2.24, 2.45) is 18.7 Å². The first-order chi connectivity index (χ1) is 9.22. The molecule has 1 aromatic rings. The van der Waals surface area contributed by atoms with E-state index in [1.165, 1.54) is 16.8 Å². The van der Waals surface area contributed by atoms with Crippen molar-refractivity contribution >= 4 is 17.8 Å². The van der Waals surface area contributed by atoms with Gasteiger partial charge >= 0.3 is 5.97 Å². The summed E-state index contributed by atoms with van der Waals surface area (Å²) in [6.07, 6.45) is 1.75. The Morgan fingerprint density at radius 2 is 2.00 bits per heavy atom. The molecule has 0 spiro atoms. The third kappa shape index (κ3) is 3.84. The summed E-state index contributed by atoms with van der Waals surface area (Å²) >= 11 is 0. The minimum Gasteiger partial charge on any atom is -0.480 e. The molecule has 0 aliphatic carbocycles. The number of carbonyl (C=O) groups excluding carboxylic acids is 2. The maximum Gasteiger partial charge on any atom is 0.326 e. The number of nitrogens with one attached hydrogen (secondary N) is 1. The minimum absolute atomic E-state index is 0.131. The van der Waals surface area contributed by atoms with Gasteiger partial charge in [-0.2, -0.15) is 0 Å². The average Bonchev–Trinajstić information content (AvgIpc) is 2.69. The van der Waals surface area contributed by atoms with E-state index in [9.17, 15) is 14.4 Å². The number of rotatable bonds is 6. The quantitative estimate of drug-likeness (QED) is 0.698. The first-order valence-corrected chi connectivity index (χ1v) is 6.22. The molecule has 0 unspecified atom stereocenters. The van der Waals surface area contributed by atoms with Gasteiger partial charge in [-0.3, -0.25) is 9.59 Å². The van der Waals surface area contributed by atoms with Gasteiger partial charge in [0.15, 0.2) is 0 Å². The fraction of sp³-hybridized carbons (Fsp3) is 0.462. The average molecular weight is 281 g/mol. The van der Waals surface area contributed by atoms with Crippen LogP contribution >= 0.6 is 0 Å². The summed E-state index contributed by atoms with van der Waals surface area (Å²) in [5.41, 5.74) is 5.52. The highest BCUT2D eigenvalue weighted by Gasteiger charge is 2.23. The second kappa shape index (κ2) is 6.23. The number of aryl methyl sites for hydroxylation is 1. The van der Waals surface area contributed by atoms with Gasteiger partial charge < -0.3 is 20.7 Å². The molecule has 1 aromatic heterocycles. The summed E-state index contributed by atoms with van der Waals surface area (Å²) in [5.74, 6) is -2.15. The van der Waals surface area contributed by atoms with Crippen LogP contribution in [0.2, 0.25) is 0 Å². The van der Waals surface area contributed by atoms with Crippen LogP contribution in [0.15, 0.2) is 12.3 Å². The van der Waals surface area contributed by atoms with E-state index in [1.807, 2.05) is 13.8 Å². The molecule has 0 bridgehead atoms. The smallest absolute Gasteiger partial charge is 0.326 e. The van der Waals surface area contributed by atoms with Gasteiger partial charge in [-0.05, 0) is 18.4 Å². The van der Waals surface area contributed by atoms with E-state index >= 15 is 0 Å². The lowest BCUT2D eigenvalue weighted by molar-refractivity contribution is -0.139. The number of carboxylic acids is 1. The van der Waals surface area contributed by atoms with Crippen molar-refractivity contribution in [3.05, 3.63) is 23.5 Å². The number of aliphatic carboxylic acids is 1. The molecule has 2 amide bonds. The monoisotopic (exact) mass is 281 g/mol. The van der Waals surface area contributed by atoms with Crippen molar-refractivity contribution in [1.29, 1.82) is 0 Å². The fourth-order valence-electron chi connectivity index (χ4n) is 1.85. The number of primary amides is 1. The second-order valence-corrected chi connectivity index (χ2v) is 5.08. The van der Waals surface area contributed by atoms with Gasteiger partial charge in [0.25, 0.3) is 5.91 Å². The predicted octanol–water partition coefficient (Wildman–Crippen LogP) is 0.353. The van der Waals surface area contributed by atoms with E-state index in [0.717, 1.165) is 0 Å². The predicted molar refractivity (Wildman–Crippen MR) is 72.3 cm³/mol. The van der Waals surface area contributed by atoms with E-state index in [1.54, 1.807) is 7.05 Å². The molecule has 110 valence electrons. The second-order valence-electron chi connectivity index (χ2n) is 5.08. The number of carboxylic acid groups (broad SMARTS) is 1. The normalized spacial score (nSPS) is 12.2. The van der Waals surface area contributed by atoms with Gasteiger partial charge in [0.05, 0.1) is 5.56 Å². The van der Waals surface area contributed by atoms with Gasteiger partial charge in [0.2, 0.25) is 5.91 Å². The van der Waals surface area contributed by atoms with Crippen LogP contribution in [0, 0.1) is 5.92 Å². The van der Waals surface area contributed by atoms with E-state index in [-0.39, 0.29) is 17.2 Å². The molecule has 0 aliphatic heterocycles. The summed E-state index contributed by atoms with van der Waals surface area (Å²) < 4.78 is 1.43. The summed E-state index contributed by atoms with van der Waals surface area (Å²) in [7, 11) is 1.58. The molecule has 0 aromatic carbocycles. The Morgan fingerprint density at radius 3 is 2.40 bits per heavy atom. The van der Waals surface area contributed by atoms with Crippen LogP contribution in [0.1, 0.15) is 41.1 Å². The van der Waals surface area contributed by atoms with Gasteiger partial charge in [-0.25, -0.2) is 4.79 Å². The summed E-state index contributed by atoms with van der Waals surface area (Å²) in [6, 6.07) is 0.376. The lowest BCUT2D eigenvalue weighted by Gasteiger charge is -2.16. The first kappa shape index (κ1) is 15.7. The van der Waals surface area contributed by atoms with Gasteiger partial charge in [0, 0.05) is 13.2 Å². The Hall–Kier alpha value is -2.31. The highest BCUT2D eigenvalue weighted by molar-refractivity contribution is 5.99. The third-order valence-corrected chi connectivity index (χ3v) is 2.83. The van der Waals surface area contributed by atoms with E-state index in [4.69, 9.17) is 10.8 Å². The highest BCUT2D eigenvalue weighted by Crippen LogP contribution is 2.09. The molecule has 0 saturated carbocycles.